The average Bonchev–Trinajstić information content (AvgIpc) is 3.76. The molecule has 1 aliphatic heterocycles. The highest BCUT2D eigenvalue weighted by atomic mass is 35.5. The van der Waals surface area contributed by atoms with Crippen molar-refractivity contribution in [3.05, 3.63) is 61.6 Å². The van der Waals surface area contributed by atoms with Crippen LogP contribution in [-0.2, 0) is 19.6 Å². The molecule has 0 spiro atoms. The van der Waals surface area contributed by atoms with Gasteiger partial charge >= 0.3 is 0 Å². The maximum absolute atomic E-state index is 13.2. The molecule has 0 bridgehead atoms. The van der Waals surface area contributed by atoms with Crippen molar-refractivity contribution in [2.75, 3.05) is 6.54 Å². The smallest absolute Gasteiger partial charge is 0.259 e. The highest BCUT2D eigenvalue weighted by molar-refractivity contribution is 7.91. The lowest BCUT2D eigenvalue weighted by Gasteiger charge is -2.21. The summed E-state index contributed by atoms with van der Waals surface area (Å²) in [6.45, 7) is 4.14. The predicted octanol–water partition coefficient (Wildman–Crippen LogP) is 3.12. The number of nitrogens with zero attached hydrogens (tertiary/aromatic N) is 1. The maximum Gasteiger partial charge on any atom is 0.259 e. The molecule has 2 amide bonds. The number of sulfonamides is 1. The second-order valence-corrected chi connectivity index (χ2v) is 12.1. The normalized spacial score (nSPS) is 25.2. The number of pyridine rings is 1. The second kappa shape index (κ2) is 11.4. The first-order valence-corrected chi connectivity index (χ1v) is 14.2. The Bertz CT molecular complexity index is 1530. The van der Waals surface area contributed by atoms with Gasteiger partial charge in [-0.1, -0.05) is 24.3 Å². The van der Waals surface area contributed by atoms with Gasteiger partial charge in [0.05, 0.1) is 29.5 Å². The van der Waals surface area contributed by atoms with Gasteiger partial charge < -0.3 is 19.8 Å². The van der Waals surface area contributed by atoms with Crippen LogP contribution in [0.25, 0.3) is 22.0 Å². The number of aromatic nitrogens is 1. The number of amides is 2. The number of benzene rings is 1. The first-order chi connectivity index (χ1) is 18.3. The van der Waals surface area contributed by atoms with Gasteiger partial charge in [-0.2, -0.15) is 0 Å². The minimum absolute atomic E-state index is 0. The van der Waals surface area contributed by atoms with Crippen LogP contribution in [0.2, 0.25) is 0 Å². The third kappa shape index (κ3) is 5.69. The summed E-state index contributed by atoms with van der Waals surface area (Å²) in [6, 6.07) is 11.0. The molecule has 2 saturated carbocycles. The summed E-state index contributed by atoms with van der Waals surface area (Å²) < 4.78 is 38.3. The zero-order valence-electron chi connectivity index (χ0n) is 21.4. The van der Waals surface area contributed by atoms with Crippen LogP contribution in [0.1, 0.15) is 25.7 Å². The predicted molar refractivity (Wildman–Crippen MR) is 154 cm³/mol. The molecule has 13 heteroatoms. The van der Waals surface area contributed by atoms with Crippen molar-refractivity contribution in [3.8, 4) is 17.1 Å². The molecule has 3 heterocycles. The van der Waals surface area contributed by atoms with Crippen molar-refractivity contribution in [2.24, 2.45) is 5.92 Å². The van der Waals surface area contributed by atoms with Crippen molar-refractivity contribution in [2.45, 2.75) is 48.6 Å². The number of carbonyl (C=O) groups is 2. The van der Waals surface area contributed by atoms with Crippen LogP contribution in [0.5, 0.6) is 5.88 Å². The molecule has 6 rings (SSSR count). The van der Waals surface area contributed by atoms with E-state index in [-0.39, 0.29) is 42.7 Å². The molecule has 3 N–H and O–H groups in total. The summed E-state index contributed by atoms with van der Waals surface area (Å²) in [6.07, 6.45) is 6.17. The summed E-state index contributed by atoms with van der Waals surface area (Å²) in [4.78, 5) is 30.8. The Morgan fingerprint density at radius 2 is 1.98 bits per heavy atom. The quantitative estimate of drug-likeness (QED) is 0.315. The van der Waals surface area contributed by atoms with Crippen LogP contribution in [0, 0.1) is 5.92 Å². The van der Waals surface area contributed by atoms with E-state index < -0.39 is 32.8 Å². The molecule has 0 unspecified atom stereocenters. The highest BCUT2D eigenvalue weighted by Gasteiger charge is 2.61. The molecule has 10 nitrogen and oxygen atoms in total. The molecule has 4 atom stereocenters. The minimum Gasteiger partial charge on any atom is -0.472 e. The number of furan rings is 1. The molecule has 2 aliphatic carbocycles. The average molecular weight is 610 g/mol. The van der Waals surface area contributed by atoms with Crippen LogP contribution >= 0.6 is 24.8 Å². The second-order valence-electron chi connectivity index (χ2n) is 10.2. The monoisotopic (exact) mass is 608 g/mol. The Morgan fingerprint density at radius 1 is 1.20 bits per heavy atom. The standard InChI is InChI=1S/C27H28N4O6S.2ClH/c1-2-18-13-27(18,26(33)31-38(34,35)20-7-8-20)30-24(32)23-12-19(14-28-23)37-25-21-6-4-3-5-16(21)11-22(29-25)17-9-10-36-15-17;;/h2-6,9-11,15,18-20,23,28H,1,7-8,12-14H2,(H,30,32)(H,31,33);2*1H/t18-,19-,23+,27-;;/m1../s1. The lowest BCUT2D eigenvalue weighted by Crippen LogP contribution is -2.55. The van der Waals surface area contributed by atoms with E-state index in [0.29, 0.717) is 43.8 Å². The van der Waals surface area contributed by atoms with Gasteiger partial charge in [0.2, 0.25) is 21.8 Å². The summed E-state index contributed by atoms with van der Waals surface area (Å²) in [5.74, 6) is -0.970. The number of ether oxygens (including phenoxy) is 1. The van der Waals surface area contributed by atoms with Gasteiger partial charge in [0, 0.05) is 29.8 Å². The van der Waals surface area contributed by atoms with Gasteiger partial charge in [0.1, 0.15) is 11.6 Å². The lowest BCUT2D eigenvalue weighted by atomic mass is 10.1. The molecule has 2 aromatic heterocycles. The number of hydrogen-bond donors (Lipinski definition) is 3. The molecule has 3 aromatic rings. The zero-order chi connectivity index (χ0) is 26.5. The van der Waals surface area contributed by atoms with Crippen molar-refractivity contribution in [3.63, 3.8) is 0 Å². The number of fused-ring (bicyclic) bond motifs is 1. The van der Waals surface area contributed by atoms with E-state index in [9.17, 15) is 18.0 Å². The van der Waals surface area contributed by atoms with Crippen LogP contribution in [0.15, 0.2) is 66.0 Å². The summed E-state index contributed by atoms with van der Waals surface area (Å²) in [7, 11) is -3.73. The molecule has 3 aliphatic rings. The zero-order valence-corrected chi connectivity index (χ0v) is 23.8. The van der Waals surface area contributed by atoms with E-state index in [2.05, 4.69) is 21.9 Å². The number of rotatable bonds is 9. The Kier molecular flexibility index (Phi) is 8.51. The number of halogens is 2. The van der Waals surface area contributed by atoms with E-state index in [1.165, 1.54) is 0 Å². The van der Waals surface area contributed by atoms with E-state index in [4.69, 9.17) is 14.1 Å². The molecule has 1 saturated heterocycles. The van der Waals surface area contributed by atoms with Crippen molar-refractivity contribution in [1.82, 2.24) is 20.3 Å². The SMILES string of the molecule is C=C[C@@H]1C[C@]1(NC(=O)[C@@H]1C[C@@H](Oc2nc(-c3ccoc3)cc3ccccc23)CN1)C(=O)NS(=O)(=O)C1CC1.Cl.Cl. The molecule has 3 fully saturated rings. The Hall–Kier alpha value is -3.12. The minimum atomic E-state index is -3.73. The molecule has 40 heavy (non-hydrogen) atoms. The summed E-state index contributed by atoms with van der Waals surface area (Å²) in [5.41, 5.74) is 0.236. The molecule has 0 radical (unpaired) electrons. The van der Waals surface area contributed by atoms with Gasteiger partial charge in [0.25, 0.3) is 5.91 Å². The van der Waals surface area contributed by atoms with Crippen LogP contribution in [-0.4, -0.2) is 54.7 Å². The summed E-state index contributed by atoms with van der Waals surface area (Å²) >= 11 is 0. The van der Waals surface area contributed by atoms with Crippen LogP contribution < -0.4 is 20.1 Å². The fourth-order valence-electron chi connectivity index (χ4n) is 4.99. The van der Waals surface area contributed by atoms with Crippen molar-refractivity contribution >= 4 is 57.4 Å². The van der Waals surface area contributed by atoms with Crippen LogP contribution in [0.3, 0.4) is 0 Å². The van der Waals surface area contributed by atoms with Crippen molar-refractivity contribution < 1.29 is 27.2 Å². The Balaban J connectivity index is 0.00000185. The Morgan fingerprint density at radius 3 is 2.65 bits per heavy atom. The van der Waals surface area contributed by atoms with E-state index in [0.717, 1.165) is 16.3 Å². The van der Waals surface area contributed by atoms with Crippen LogP contribution in [0.4, 0.5) is 0 Å². The fourth-order valence-corrected chi connectivity index (χ4v) is 6.35. The molecule has 214 valence electrons. The third-order valence-electron chi connectivity index (χ3n) is 7.46. The topological polar surface area (TPSA) is 140 Å². The largest absolute Gasteiger partial charge is 0.472 e. The maximum atomic E-state index is 13.2. The first kappa shape index (κ1) is 29.9. The number of nitrogens with one attached hydrogen (secondary N) is 3. The molecule has 1 aromatic carbocycles. The Labute approximate surface area is 244 Å². The van der Waals surface area contributed by atoms with E-state index >= 15 is 0 Å². The van der Waals surface area contributed by atoms with Gasteiger partial charge in [-0.05, 0) is 42.8 Å². The lowest BCUT2D eigenvalue weighted by molar-refractivity contribution is -0.130. The molecular weight excluding hydrogens is 579 g/mol. The number of carbonyl (C=O) groups excluding carboxylic acids is 2. The summed E-state index contributed by atoms with van der Waals surface area (Å²) in [5, 5.41) is 7.25. The van der Waals surface area contributed by atoms with Gasteiger partial charge in [-0.3, -0.25) is 14.3 Å². The van der Waals surface area contributed by atoms with Gasteiger partial charge in [0.15, 0.2) is 0 Å². The third-order valence-corrected chi connectivity index (χ3v) is 9.28. The van der Waals surface area contributed by atoms with E-state index in [1.807, 2.05) is 36.4 Å². The number of hydrogen-bond acceptors (Lipinski definition) is 8. The van der Waals surface area contributed by atoms with Crippen molar-refractivity contribution in [1.29, 1.82) is 0 Å². The van der Waals surface area contributed by atoms with Gasteiger partial charge in [-0.25, -0.2) is 13.4 Å². The highest BCUT2D eigenvalue weighted by Crippen LogP contribution is 2.45. The fraction of sp³-hybridized carbons (Fsp3) is 0.370. The van der Waals surface area contributed by atoms with Gasteiger partial charge in [-0.15, -0.1) is 31.4 Å². The van der Waals surface area contributed by atoms with E-state index in [1.54, 1.807) is 18.6 Å². The first-order valence-electron chi connectivity index (χ1n) is 12.6. The molecular formula is C27H30Cl2N4O6S.